The van der Waals surface area contributed by atoms with Gasteiger partial charge in [-0.05, 0) is 5.56 Å². The van der Waals surface area contributed by atoms with E-state index < -0.39 is 6.10 Å². The molecule has 1 fully saturated rings. The number of aliphatic hydroxyl groups excluding tert-OH is 1. The third-order valence-corrected chi connectivity index (χ3v) is 5.22. The van der Waals surface area contributed by atoms with Crippen molar-refractivity contribution in [3.63, 3.8) is 0 Å². The lowest BCUT2D eigenvalue weighted by atomic mass is 10.1. The van der Waals surface area contributed by atoms with Gasteiger partial charge in [-0.15, -0.1) is 11.3 Å². The van der Waals surface area contributed by atoms with E-state index in [1.165, 1.54) is 0 Å². The Morgan fingerprint density at radius 2 is 1.96 bits per heavy atom. The van der Waals surface area contributed by atoms with Crippen LogP contribution >= 0.6 is 11.3 Å². The molecule has 1 amide bonds. The number of hydrogen-bond acceptors (Lipinski definition) is 5. The van der Waals surface area contributed by atoms with Crippen molar-refractivity contribution in [3.05, 3.63) is 52.5 Å². The molecule has 1 N–H and O–H groups in total. The van der Waals surface area contributed by atoms with Gasteiger partial charge in [0.15, 0.2) is 0 Å². The number of piperazine rings is 1. The Balaban J connectivity index is 1.41. The summed E-state index contributed by atoms with van der Waals surface area (Å²) < 4.78 is 0. The van der Waals surface area contributed by atoms with E-state index in [1.807, 2.05) is 40.6 Å². The zero-order valence-electron chi connectivity index (χ0n) is 13.7. The molecule has 0 aliphatic carbocycles. The van der Waals surface area contributed by atoms with Crippen molar-refractivity contribution in [2.45, 2.75) is 18.9 Å². The fraction of sp³-hybridized carbons (Fsp3) is 0.444. The van der Waals surface area contributed by atoms with Gasteiger partial charge in [0.05, 0.1) is 11.1 Å². The van der Waals surface area contributed by atoms with Crippen LogP contribution in [0.1, 0.15) is 23.1 Å². The van der Waals surface area contributed by atoms with Crippen LogP contribution in [-0.4, -0.2) is 58.5 Å². The maximum Gasteiger partial charge on any atom is 0.223 e. The summed E-state index contributed by atoms with van der Waals surface area (Å²) in [5, 5.41) is 13.3. The van der Waals surface area contributed by atoms with Crippen LogP contribution in [0.15, 0.2) is 41.9 Å². The number of amides is 1. The van der Waals surface area contributed by atoms with Crippen LogP contribution in [0.4, 0.5) is 0 Å². The fourth-order valence-electron chi connectivity index (χ4n) is 2.95. The Morgan fingerprint density at radius 1 is 1.21 bits per heavy atom. The van der Waals surface area contributed by atoms with Crippen LogP contribution < -0.4 is 0 Å². The van der Waals surface area contributed by atoms with E-state index in [2.05, 4.69) is 9.88 Å². The van der Waals surface area contributed by atoms with Crippen molar-refractivity contribution < 1.29 is 9.90 Å². The first kappa shape index (κ1) is 17.1. The highest BCUT2D eigenvalue weighted by molar-refractivity contribution is 7.09. The molecule has 6 heteroatoms. The minimum Gasteiger partial charge on any atom is -0.387 e. The van der Waals surface area contributed by atoms with Gasteiger partial charge in [-0.3, -0.25) is 9.69 Å². The summed E-state index contributed by atoms with van der Waals surface area (Å²) in [5.74, 6) is 0.202. The molecule has 1 atom stereocenters. The number of benzene rings is 1. The molecule has 0 unspecified atom stereocenters. The Morgan fingerprint density at radius 3 is 2.62 bits per heavy atom. The summed E-state index contributed by atoms with van der Waals surface area (Å²) in [6.45, 7) is 3.71. The van der Waals surface area contributed by atoms with Crippen molar-refractivity contribution in [3.8, 4) is 0 Å². The maximum absolute atomic E-state index is 12.3. The summed E-state index contributed by atoms with van der Waals surface area (Å²) in [6.07, 6.45) is 2.56. The second-order valence-corrected chi connectivity index (χ2v) is 7.01. The lowest BCUT2D eigenvalue weighted by molar-refractivity contribution is -0.133. The van der Waals surface area contributed by atoms with Crippen molar-refractivity contribution in [2.24, 2.45) is 0 Å². The summed E-state index contributed by atoms with van der Waals surface area (Å²) >= 11 is 1.60. The number of thiazole rings is 1. The Labute approximate surface area is 146 Å². The summed E-state index contributed by atoms with van der Waals surface area (Å²) in [5.41, 5.74) is 0.944. The van der Waals surface area contributed by atoms with Gasteiger partial charge in [-0.2, -0.15) is 0 Å². The van der Waals surface area contributed by atoms with Gasteiger partial charge in [-0.25, -0.2) is 4.98 Å². The monoisotopic (exact) mass is 345 g/mol. The second-order valence-electron chi connectivity index (χ2n) is 6.03. The van der Waals surface area contributed by atoms with E-state index in [4.69, 9.17) is 0 Å². The lowest BCUT2D eigenvalue weighted by Crippen LogP contribution is -2.49. The van der Waals surface area contributed by atoms with Crippen LogP contribution in [0.25, 0.3) is 0 Å². The minimum absolute atomic E-state index is 0.202. The van der Waals surface area contributed by atoms with Gasteiger partial charge in [0.2, 0.25) is 5.91 Å². The van der Waals surface area contributed by atoms with Gasteiger partial charge in [0, 0.05) is 57.1 Å². The number of aryl methyl sites for hydroxylation is 1. The minimum atomic E-state index is -0.474. The molecule has 24 heavy (non-hydrogen) atoms. The molecular formula is C18H23N3O2S. The zero-order chi connectivity index (χ0) is 16.8. The first-order chi connectivity index (χ1) is 11.7. The number of nitrogens with zero attached hydrogens (tertiary/aromatic N) is 3. The van der Waals surface area contributed by atoms with Crippen LogP contribution in [0.3, 0.4) is 0 Å². The van der Waals surface area contributed by atoms with Crippen LogP contribution in [0, 0.1) is 0 Å². The fourth-order valence-corrected chi connectivity index (χ4v) is 3.57. The number of hydrogen-bond donors (Lipinski definition) is 1. The number of aromatic nitrogens is 1. The van der Waals surface area contributed by atoms with Crippen molar-refractivity contribution in [1.29, 1.82) is 0 Å². The number of rotatable bonds is 6. The summed E-state index contributed by atoms with van der Waals surface area (Å²) in [7, 11) is 0. The number of aliphatic hydroxyl groups is 1. The molecule has 0 saturated carbocycles. The highest BCUT2D eigenvalue weighted by atomic mass is 32.1. The Hall–Kier alpha value is -1.76. The van der Waals surface area contributed by atoms with E-state index in [0.717, 1.165) is 43.2 Å². The van der Waals surface area contributed by atoms with E-state index >= 15 is 0 Å². The normalized spacial score (nSPS) is 17.0. The van der Waals surface area contributed by atoms with Crippen molar-refractivity contribution >= 4 is 17.2 Å². The largest absolute Gasteiger partial charge is 0.387 e. The molecule has 1 aliphatic rings. The first-order valence-corrected chi connectivity index (χ1v) is 9.22. The molecule has 2 heterocycles. The molecule has 5 nitrogen and oxygen atoms in total. The number of carbonyl (C=O) groups excluding carboxylic acids is 1. The quantitative estimate of drug-likeness (QED) is 0.869. The van der Waals surface area contributed by atoms with Crippen molar-refractivity contribution in [1.82, 2.24) is 14.8 Å². The highest BCUT2D eigenvalue weighted by Crippen LogP contribution is 2.15. The third-order valence-electron chi connectivity index (χ3n) is 4.38. The second kappa shape index (κ2) is 8.37. The van der Waals surface area contributed by atoms with Gasteiger partial charge >= 0.3 is 0 Å². The molecule has 0 spiro atoms. The summed E-state index contributed by atoms with van der Waals surface area (Å²) in [6, 6.07) is 9.73. The van der Waals surface area contributed by atoms with Crippen LogP contribution in [-0.2, 0) is 11.2 Å². The first-order valence-electron chi connectivity index (χ1n) is 8.34. The van der Waals surface area contributed by atoms with Gasteiger partial charge in [0.1, 0.15) is 0 Å². The zero-order valence-corrected chi connectivity index (χ0v) is 14.5. The van der Waals surface area contributed by atoms with Gasteiger partial charge in [0.25, 0.3) is 0 Å². The molecule has 3 rings (SSSR count). The Kier molecular flexibility index (Phi) is 5.96. The predicted octanol–water partition coefficient (Wildman–Crippen LogP) is 1.95. The maximum atomic E-state index is 12.3. The predicted molar refractivity (Wildman–Crippen MR) is 94.9 cm³/mol. The molecule has 1 aromatic carbocycles. The Bertz CT molecular complexity index is 625. The van der Waals surface area contributed by atoms with Gasteiger partial charge < -0.3 is 10.0 Å². The highest BCUT2D eigenvalue weighted by Gasteiger charge is 2.22. The van der Waals surface area contributed by atoms with E-state index in [0.29, 0.717) is 13.0 Å². The van der Waals surface area contributed by atoms with E-state index in [9.17, 15) is 9.90 Å². The van der Waals surface area contributed by atoms with Gasteiger partial charge in [-0.1, -0.05) is 30.3 Å². The average Bonchev–Trinajstić information content (AvgIpc) is 3.14. The van der Waals surface area contributed by atoms with Crippen molar-refractivity contribution in [2.75, 3.05) is 32.7 Å². The van der Waals surface area contributed by atoms with E-state index in [-0.39, 0.29) is 5.91 Å². The molecule has 128 valence electrons. The molecule has 2 aromatic rings. The molecule has 1 aliphatic heterocycles. The molecule has 1 saturated heterocycles. The summed E-state index contributed by atoms with van der Waals surface area (Å²) in [4.78, 5) is 20.7. The standard InChI is InChI=1S/C18H23N3O2S/c22-16(15-4-2-1-3-5-15)14-20-9-11-21(12-10-20)18(23)7-6-17-19-8-13-24-17/h1-5,8,13,16,22H,6-7,9-12,14H2/t16-/m0/s1. The third kappa shape index (κ3) is 4.63. The molecule has 0 radical (unpaired) electrons. The lowest BCUT2D eigenvalue weighted by Gasteiger charge is -2.35. The molecular weight excluding hydrogens is 322 g/mol. The van der Waals surface area contributed by atoms with E-state index in [1.54, 1.807) is 17.5 Å². The SMILES string of the molecule is O=C(CCc1nccs1)N1CCN(C[C@H](O)c2ccccc2)CC1. The average molecular weight is 345 g/mol. The topological polar surface area (TPSA) is 56.7 Å². The molecule has 0 bridgehead atoms. The molecule has 1 aromatic heterocycles. The number of carbonyl (C=O) groups is 1. The number of β-amino-alcohol motifs (C(OH)–C–C–N with tert-alkyl or cyclic N) is 1. The smallest absolute Gasteiger partial charge is 0.223 e. The van der Waals surface area contributed by atoms with Crippen LogP contribution in [0.2, 0.25) is 0 Å². The van der Waals surface area contributed by atoms with Crippen LogP contribution in [0.5, 0.6) is 0 Å².